The van der Waals surface area contributed by atoms with Crippen LogP contribution >= 0.6 is 0 Å². The molecule has 13 aromatic rings. The van der Waals surface area contributed by atoms with E-state index in [0.29, 0.717) is 0 Å². The van der Waals surface area contributed by atoms with Crippen molar-refractivity contribution in [2.45, 2.75) is 0 Å². The molecule has 0 aliphatic carbocycles. The molecule has 0 fully saturated rings. The van der Waals surface area contributed by atoms with Gasteiger partial charge in [-0.2, -0.15) is 0 Å². The number of para-hydroxylation sites is 3. The van der Waals surface area contributed by atoms with E-state index < -0.39 is 0 Å². The Hall–Kier alpha value is -9.24. The van der Waals surface area contributed by atoms with Crippen LogP contribution < -0.4 is 4.90 Å². The smallest absolute Gasteiger partial charge is 0.0547 e. The summed E-state index contributed by atoms with van der Waals surface area (Å²) in [6, 6.07) is 102. The molecule has 0 atom stereocenters. The van der Waals surface area contributed by atoms with Crippen LogP contribution in [0.3, 0.4) is 0 Å². The summed E-state index contributed by atoms with van der Waals surface area (Å²) in [7, 11) is 0. The van der Waals surface area contributed by atoms with Crippen LogP contribution in [0.25, 0.3) is 105 Å². The third-order valence-corrected chi connectivity index (χ3v) is 14.0. The van der Waals surface area contributed by atoms with Crippen LogP contribution in [0.15, 0.2) is 279 Å². The molecule has 0 aliphatic rings. The van der Waals surface area contributed by atoms with Gasteiger partial charge in [0.05, 0.1) is 16.7 Å². The van der Waals surface area contributed by atoms with E-state index in [0.717, 1.165) is 33.9 Å². The molecule has 1 heterocycles. The van der Waals surface area contributed by atoms with Gasteiger partial charge in [0.2, 0.25) is 0 Å². The highest BCUT2D eigenvalue weighted by atomic mass is 15.1. The first-order valence-electron chi connectivity index (χ1n) is 24.1. The molecule has 0 aliphatic heterocycles. The average molecular weight is 891 g/mol. The first kappa shape index (κ1) is 41.0. The second-order valence-corrected chi connectivity index (χ2v) is 18.0. The lowest BCUT2D eigenvalue weighted by Crippen LogP contribution is -2.11. The minimum atomic E-state index is 1.07. The SMILES string of the molecule is c1ccc(-c2ccccc2-c2ccccc2-c2ccccc2N(c2ccc(-c3ccc4c(ccc5ccccc54)c3)cc2)c2ccc(-c3ccc4c5ccccc5n(-c5ccccc5)c4c3)cc2)cc1. The Labute approximate surface area is 408 Å². The molecule has 13 rings (SSSR count). The lowest BCUT2D eigenvalue weighted by molar-refractivity contribution is 1.18. The molecule has 0 saturated heterocycles. The van der Waals surface area contributed by atoms with Crippen molar-refractivity contribution in [1.82, 2.24) is 4.57 Å². The molecule has 0 spiro atoms. The molecule has 0 saturated carbocycles. The van der Waals surface area contributed by atoms with Crippen molar-refractivity contribution in [2.75, 3.05) is 4.90 Å². The van der Waals surface area contributed by atoms with Gasteiger partial charge in [0.15, 0.2) is 0 Å². The molecule has 12 aromatic carbocycles. The largest absolute Gasteiger partial charge is 0.310 e. The summed E-state index contributed by atoms with van der Waals surface area (Å²) >= 11 is 0. The Morgan fingerprint density at radius 3 is 1.40 bits per heavy atom. The molecule has 0 radical (unpaired) electrons. The average Bonchev–Trinajstić information content (AvgIpc) is 3.77. The van der Waals surface area contributed by atoms with Gasteiger partial charge in [0.1, 0.15) is 0 Å². The van der Waals surface area contributed by atoms with E-state index in [9.17, 15) is 0 Å². The molecule has 2 heteroatoms. The topological polar surface area (TPSA) is 8.17 Å². The number of fused-ring (bicyclic) bond motifs is 6. The lowest BCUT2D eigenvalue weighted by Gasteiger charge is -2.29. The molecule has 0 bridgehead atoms. The molecular weight excluding hydrogens is 845 g/mol. The number of hydrogen-bond donors (Lipinski definition) is 0. The Morgan fingerprint density at radius 2 is 0.700 bits per heavy atom. The van der Waals surface area contributed by atoms with Gasteiger partial charge in [-0.15, -0.1) is 0 Å². The first-order valence-corrected chi connectivity index (χ1v) is 24.1. The maximum atomic E-state index is 2.42. The highest BCUT2D eigenvalue weighted by Gasteiger charge is 2.21. The number of benzene rings is 12. The van der Waals surface area contributed by atoms with Crippen LogP contribution in [0, 0.1) is 0 Å². The minimum Gasteiger partial charge on any atom is -0.310 e. The van der Waals surface area contributed by atoms with Gasteiger partial charge in [0.25, 0.3) is 0 Å². The highest BCUT2D eigenvalue weighted by molar-refractivity contribution is 6.11. The standard InChI is InChI=1S/C68H46N2/c1-3-17-49(18-4-1)58-23-9-10-24-60(58)61-25-11-12-26-62(61)63-27-13-15-29-66(63)69(55-39-33-47(34-40-55)51-37-43-59-53(45-51)32-31-50-19-7-8-22-57(50)59)56-41-35-48(36-42-56)52-38-44-65-64-28-14-16-30-67(64)70(68(65)46-52)54-20-5-2-6-21-54/h1-46H. The summed E-state index contributed by atoms with van der Waals surface area (Å²) in [6.07, 6.45) is 0. The molecular formula is C68H46N2. The summed E-state index contributed by atoms with van der Waals surface area (Å²) in [4.78, 5) is 2.42. The van der Waals surface area contributed by atoms with Gasteiger partial charge < -0.3 is 9.47 Å². The zero-order valence-electron chi connectivity index (χ0n) is 38.5. The maximum Gasteiger partial charge on any atom is 0.0547 e. The second-order valence-electron chi connectivity index (χ2n) is 18.0. The predicted molar refractivity (Wildman–Crippen MR) is 298 cm³/mol. The van der Waals surface area contributed by atoms with E-state index in [1.54, 1.807) is 0 Å². The fourth-order valence-electron chi connectivity index (χ4n) is 10.7. The molecule has 0 unspecified atom stereocenters. The van der Waals surface area contributed by atoms with E-state index in [4.69, 9.17) is 0 Å². The summed E-state index contributed by atoms with van der Waals surface area (Å²) < 4.78 is 2.39. The van der Waals surface area contributed by atoms with Crippen LogP contribution in [-0.2, 0) is 0 Å². The summed E-state index contributed by atoms with van der Waals surface area (Å²) in [5, 5.41) is 7.55. The zero-order valence-corrected chi connectivity index (χ0v) is 38.5. The second kappa shape index (κ2) is 17.4. The summed E-state index contributed by atoms with van der Waals surface area (Å²) in [6.45, 7) is 0. The lowest BCUT2D eigenvalue weighted by atomic mass is 9.88. The number of hydrogen-bond acceptors (Lipinski definition) is 1. The number of aromatic nitrogens is 1. The van der Waals surface area contributed by atoms with Gasteiger partial charge in [0, 0.05) is 33.4 Å². The van der Waals surface area contributed by atoms with Crippen LogP contribution in [0.2, 0.25) is 0 Å². The van der Waals surface area contributed by atoms with Gasteiger partial charge in [-0.1, -0.05) is 218 Å². The number of rotatable bonds is 9. The van der Waals surface area contributed by atoms with E-state index in [-0.39, 0.29) is 0 Å². The molecule has 0 amide bonds. The van der Waals surface area contributed by atoms with Crippen LogP contribution in [0.5, 0.6) is 0 Å². The van der Waals surface area contributed by atoms with Crippen LogP contribution in [0.4, 0.5) is 17.1 Å². The maximum absolute atomic E-state index is 2.42. The van der Waals surface area contributed by atoms with E-state index in [1.807, 2.05) is 0 Å². The van der Waals surface area contributed by atoms with Gasteiger partial charge in [-0.25, -0.2) is 0 Å². The molecule has 1 aromatic heterocycles. The van der Waals surface area contributed by atoms with E-state index in [2.05, 4.69) is 289 Å². The van der Waals surface area contributed by atoms with Crippen molar-refractivity contribution < 1.29 is 0 Å². The Kier molecular flexibility index (Phi) is 10.2. The van der Waals surface area contributed by atoms with Crippen molar-refractivity contribution in [3.8, 4) is 61.3 Å². The minimum absolute atomic E-state index is 1.07. The van der Waals surface area contributed by atoms with Crippen molar-refractivity contribution in [3.63, 3.8) is 0 Å². The number of anilines is 3. The van der Waals surface area contributed by atoms with Crippen LogP contribution in [-0.4, -0.2) is 4.57 Å². The zero-order chi connectivity index (χ0) is 46.4. The van der Waals surface area contributed by atoms with Gasteiger partial charge in [-0.05, 0) is 132 Å². The first-order chi connectivity index (χ1) is 34.7. The quantitative estimate of drug-likeness (QED) is 0.131. The van der Waals surface area contributed by atoms with Gasteiger partial charge >= 0.3 is 0 Å². The fourth-order valence-corrected chi connectivity index (χ4v) is 10.7. The van der Waals surface area contributed by atoms with Crippen LogP contribution in [0.1, 0.15) is 0 Å². The monoisotopic (exact) mass is 890 g/mol. The Morgan fingerprint density at radius 1 is 0.243 bits per heavy atom. The third-order valence-electron chi connectivity index (χ3n) is 14.0. The van der Waals surface area contributed by atoms with E-state index in [1.165, 1.54) is 87.9 Å². The van der Waals surface area contributed by atoms with Crippen molar-refractivity contribution in [1.29, 1.82) is 0 Å². The molecule has 70 heavy (non-hydrogen) atoms. The number of nitrogens with zero attached hydrogens (tertiary/aromatic N) is 2. The normalized spacial score (nSPS) is 11.4. The van der Waals surface area contributed by atoms with E-state index >= 15 is 0 Å². The Balaban J connectivity index is 0.940. The summed E-state index contributed by atoms with van der Waals surface area (Å²) in [5.74, 6) is 0. The van der Waals surface area contributed by atoms with Crippen molar-refractivity contribution in [3.05, 3.63) is 279 Å². The molecule has 328 valence electrons. The summed E-state index contributed by atoms with van der Waals surface area (Å²) in [5.41, 5.74) is 18.6. The third kappa shape index (κ3) is 7.22. The highest BCUT2D eigenvalue weighted by Crippen LogP contribution is 2.46. The predicted octanol–water partition coefficient (Wildman–Crippen LogP) is 18.9. The fraction of sp³-hybridized carbons (Fsp3) is 0. The molecule has 0 N–H and O–H groups in total. The van der Waals surface area contributed by atoms with Crippen molar-refractivity contribution in [2.24, 2.45) is 0 Å². The van der Waals surface area contributed by atoms with Gasteiger partial charge in [-0.3, -0.25) is 0 Å². The molecule has 2 nitrogen and oxygen atoms in total. The van der Waals surface area contributed by atoms with Crippen molar-refractivity contribution >= 4 is 60.4 Å². The Bertz CT molecular complexity index is 4040.